The van der Waals surface area contributed by atoms with Gasteiger partial charge in [0.1, 0.15) is 10.7 Å². The smallest absolute Gasteiger partial charge is 0.243 e. The monoisotopic (exact) mass is 364 g/mol. The summed E-state index contributed by atoms with van der Waals surface area (Å²) in [5.74, 6) is -0.616. The van der Waals surface area contributed by atoms with Crippen LogP contribution in [0.1, 0.15) is 12.8 Å². The van der Waals surface area contributed by atoms with Crippen molar-refractivity contribution in [2.45, 2.75) is 22.6 Å². The summed E-state index contributed by atoms with van der Waals surface area (Å²) in [5.41, 5.74) is 0. The Morgan fingerprint density at radius 1 is 1.22 bits per heavy atom. The summed E-state index contributed by atoms with van der Waals surface area (Å²) >= 11 is 0. The van der Waals surface area contributed by atoms with E-state index in [0.29, 0.717) is 19.0 Å². The molecular weight excluding hydrogens is 343 g/mol. The standard InChI is InChI=1S/C14H21FN2O4S2/c1-16-10-11-5-7-17(8-6-11)23(20,21)12-3-4-14(13(15)9-12)22(2,18)19/h3-4,9,11,16H,5-8,10H2,1-2H3. The Labute approximate surface area is 136 Å². The predicted octanol–water partition coefficient (Wildman–Crippen LogP) is 0.849. The van der Waals surface area contributed by atoms with Crippen LogP contribution in [0.2, 0.25) is 0 Å². The number of benzene rings is 1. The first-order valence-corrected chi connectivity index (χ1v) is 10.6. The van der Waals surface area contributed by atoms with Gasteiger partial charge in [0, 0.05) is 19.3 Å². The van der Waals surface area contributed by atoms with Crippen molar-refractivity contribution in [1.29, 1.82) is 0 Å². The summed E-state index contributed by atoms with van der Waals surface area (Å²) < 4.78 is 63.2. The lowest BCUT2D eigenvalue weighted by Gasteiger charge is -2.31. The molecular formula is C14H21FN2O4S2. The first-order valence-electron chi connectivity index (χ1n) is 7.30. The summed E-state index contributed by atoms with van der Waals surface area (Å²) in [6.45, 7) is 1.60. The van der Waals surface area contributed by atoms with Crippen LogP contribution >= 0.6 is 0 Å². The second-order valence-corrected chi connectivity index (χ2v) is 9.69. The highest BCUT2D eigenvalue weighted by Crippen LogP contribution is 2.25. The second kappa shape index (κ2) is 6.84. The molecule has 0 saturated carbocycles. The molecule has 0 aliphatic carbocycles. The molecule has 1 aromatic rings. The molecule has 1 aliphatic rings. The van der Waals surface area contributed by atoms with E-state index in [1.54, 1.807) is 0 Å². The second-order valence-electron chi connectivity index (χ2n) is 5.77. The molecule has 23 heavy (non-hydrogen) atoms. The number of hydrogen-bond acceptors (Lipinski definition) is 5. The summed E-state index contributed by atoms with van der Waals surface area (Å²) in [5, 5.41) is 3.08. The first kappa shape index (κ1) is 18.3. The fraction of sp³-hybridized carbons (Fsp3) is 0.571. The highest BCUT2D eigenvalue weighted by Gasteiger charge is 2.30. The summed E-state index contributed by atoms with van der Waals surface area (Å²) in [6.07, 6.45) is 2.36. The summed E-state index contributed by atoms with van der Waals surface area (Å²) in [4.78, 5) is -0.710. The van der Waals surface area contributed by atoms with Crippen molar-refractivity contribution in [3.8, 4) is 0 Å². The van der Waals surface area contributed by atoms with Gasteiger partial charge in [0.05, 0.1) is 4.90 Å². The van der Waals surface area contributed by atoms with Gasteiger partial charge < -0.3 is 5.32 Å². The maximum Gasteiger partial charge on any atom is 0.243 e. The van der Waals surface area contributed by atoms with Gasteiger partial charge in [-0.2, -0.15) is 4.31 Å². The maximum absolute atomic E-state index is 13.9. The van der Waals surface area contributed by atoms with Gasteiger partial charge in [0.15, 0.2) is 9.84 Å². The minimum Gasteiger partial charge on any atom is -0.319 e. The van der Waals surface area contributed by atoms with E-state index in [-0.39, 0.29) is 4.90 Å². The highest BCUT2D eigenvalue weighted by molar-refractivity contribution is 7.90. The minimum atomic E-state index is -3.81. The van der Waals surface area contributed by atoms with E-state index < -0.39 is 30.6 Å². The topological polar surface area (TPSA) is 83.6 Å². The molecule has 1 N–H and O–H groups in total. The Morgan fingerprint density at radius 3 is 2.30 bits per heavy atom. The van der Waals surface area contributed by atoms with Gasteiger partial charge in [0.25, 0.3) is 0 Å². The van der Waals surface area contributed by atoms with Crippen molar-refractivity contribution >= 4 is 19.9 Å². The SMILES string of the molecule is CNCC1CCN(S(=O)(=O)c2ccc(S(C)(=O)=O)c(F)c2)CC1. The molecule has 0 aromatic heterocycles. The van der Waals surface area contributed by atoms with E-state index in [1.807, 2.05) is 7.05 Å². The normalized spacial score (nSPS) is 18.2. The number of hydrogen-bond donors (Lipinski definition) is 1. The van der Waals surface area contributed by atoms with Crippen LogP contribution in [0.15, 0.2) is 28.0 Å². The maximum atomic E-state index is 13.9. The molecule has 1 fully saturated rings. The quantitative estimate of drug-likeness (QED) is 0.837. The van der Waals surface area contributed by atoms with E-state index in [2.05, 4.69) is 5.32 Å². The zero-order chi connectivity index (χ0) is 17.3. The number of nitrogens with one attached hydrogen (secondary N) is 1. The molecule has 1 aromatic carbocycles. The molecule has 9 heteroatoms. The molecule has 0 radical (unpaired) electrons. The van der Waals surface area contributed by atoms with E-state index in [4.69, 9.17) is 0 Å². The van der Waals surface area contributed by atoms with Crippen LogP contribution in [0, 0.1) is 11.7 Å². The van der Waals surface area contributed by atoms with Gasteiger partial charge >= 0.3 is 0 Å². The van der Waals surface area contributed by atoms with Gasteiger partial charge in [-0.1, -0.05) is 0 Å². The lowest BCUT2D eigenvalue weighted by Crippen LogP contribution is -2.40. The Hall–Kier alpha value is -1.03. The van der Waals surface area contributed by atoms with Crippen LogP contribution < -0.4 is 5.32 Å². The molecule has 0 unspecified atom stereocenters. The molecule has 1 aliphatic heterocycles. The number of nitrogens with zero attached hydrogens (tertiary/aromatic N) is 1. The molecule has 130 valence electrons. The summed E-state index contributed by atoms with van der Waals surface area (Å²) in [7, 11) is -5.68. The van der Waals surface area contributed by atoms with E-state index in [0.717, 1.165) is 43.8 Å². The van der Waals surface area contributed by atoms with Crippen molar-refractivity contribution in [2.24, 2.45) is 5.92 Å². The Morgan fingerprint density at radius 2 is 1.83 bits per heavy atom. The van der Waals surface area contributed by atoms with Crippen LogP contribution in [0.4, 0.5) is 4.39 Å². The fourth-order valence-corrected chi connectivity index (χ4v) is 4.94. The van der Waals surface area contributed by atoms with E-state index in [9.17, 15) is 21.2 Å². The third-order valence-electron chi connectivity index (χ3n) is 4.01. The van der Waals surface area contributed by atoms with Crippen LogP contribution in [-0.4, -0.2) is 54.1 Å². The zero-order valence-corrected chi connectivity index (χ0v) is 14.8. The summed E-state index contributed by atoms with van der Waals surface area (Å²) in [6, 6.07) is 2.94. The van der Waals surface area contributed by atoms with Crippen LogP contribution in [0.25, 0.3) is 0 Å². The molecule has 2 rings (SSSR count). The zero-order valence-electron chi connectivity index (χ0n) is 13.1. The highest BCUT2D eigenvalue weighted by atomic mass is 32.2. The largest absolute Gasteiger partial charge is 0.319 e. The van der Waals surface area contributed by atoms with Gasteiger partial charge in [0.2, 0.25) is 10.0 Å². The van der Waals surface area contributed by atoms with E-state index >= 15 is 0 Å². The van der Waals surface area contributed by atoms with E-state index in [1.165, 1.54) is 4.31 Å². The van der Waals surface area contributed by atoms with Gasteiger partial charge in [-0.05, 0) is 50.6 Å². The lowest BCUT2D eigenvalue weighted by molar-refractivity contribution is 0.270. The van der Waals surface area contributed by atoms with Gasteiger partial charge in [-0.25, -0.2) is 21.2 Å². The van der Waals surface area contributed by atoms with Crippen LogP contribution in [0.5, 0.6) is 0 Å². The average molecular weight is 364 g/mol. The molecule has 1 heterocycles. The van der Waals surface area contributed by atoms with Gasteiger partial charge in [-0.3, -0.25) is 0 Å². The number of piperidine rings is 1. The Balaban J connectivity index is 2.23. The minimum absolute atomic E-state index is 0.213. The van der Waals surface area contributed by atoms with Crippen molar-refractivity contribution in [3.05, 3.63) is 24.0 Å². The Bertz CT molecular complexity index is 770. The molecule has 6 nitrogen and oxygen atoms in total. The molecule has 0 spiro atoms. The van der Waals surface area contributed by atoms with Crippen LogP contribution in [0.3, 0.4) is 0 Å². The molecule has 0 bridgehead atoms. The molecule has 0 amide bonds. The lowest BCUT2D eigenvalue weighted by atomic mass is 9.98. The third-order valence-corrected chi connectivity index (χ3v) is 7.03. The first-order chi connectivity index (χ1) is 10.7. The Kier molecular flexibility index (Phi) is 5.44. The molecule has 1 saturated heterocycles. The molecule has 0 atom stereocenters. The third kappa shape index (κ3) is 4.09. The number of sulfone groups is 1. The fourth-order valence-electron chi connectivity index (χ4n) is 2.73. The average Bonchev–Trinajstić information content (AvgIpc) is 2.46. The number of sulfonamides is 1. The number of halogens is 1. The van der Waals surface area contributed by atoms with Crippen molar-refractivity contribution in [3.63, 3.8) is 0 Å². The predicted molar refractivity (Wildman–Crippen MR) is 84.9 cm³/mol. The van der Waals surface area contributed by atoms with Crippen LogP contribution in [-0.2, 0) is 19.9 Å². The van der Waals surface area contributed by atoms with Gasteiger partial charge in [-0.15, -0.1) is 0 Å². The van der Waals surface area contributed by atoms with Crippen molar-refractivity contribution in [2.75, 3.05) is 32.9 Å². The van der Waals surface area contributed by atoms with Crippen molar-refractivity contribution in [1.82, 2.24) is 9.62 Å². The van der Waals surface area contributed by atoms with Crippen molar-refractivity contribution < 1.29 is 21.2 Å². The number of rotatable bonds is 5.